The van der Waals surface area contributed by atoms with Crippen LogP contribution in [0.3, 0.4) is 0 Å². The van der Waals surface area contributed by atoms with Gasteiger partial charge in [-0.3, -0.25) is 4.79 Å². The lowest BCUT2D eigenvalue weighted by Gasteiger charge is -2.08. The van der Waals surface area contributed by atoms with Crippen LogP contribution in [0.1, 0.15) is 22.8 Å². The Kier molecular flexibility index (Phi) is 6.16. The highest BCUT2D eigenvalue weighted by atomic mass is 79.9. The molecular formula is C17H15BrClNO2. The van der Waals surface area contributed by atoms with E-state index in [2.05, 4.69) is 20.9 Å². The van der Waals surface area contributed by atoms with Crippen molar-refractivity contribution in [3.8, 4) is 0 Å². The van der Waals surface area contributed by atoms with Crippen molar-refractivity contribution in [1.29, 1.82) is 0 Å². The topological polar surface area (TPSA) is 38.7 Å². The van der Waals surface area contributed by atoms with Crippen LogP contribution in [-0.4, -0.2) is 23.6 Å². The van der Waals surface area contributed by atoms with E-state index >= 15 is 0 Å². The maximum atomic E-state index is 12.7. The molecule has 0 heterocycles. The van der Waals surface area contributed by atoms with E-state index < -0.39 is 0 Å². The highest BCUT2D eigenvalue weighted by Crippen LogP contribution is 2.26. The molecule has 0 saturated carbocycles. The molecular weight excluding hydrogens is 366 g/mol. The van der Waals surface area contributed by atoms with Crippen molar-refractivity contribution in [2.75, 3.05) is 11.9 Å². The van der Waals surface area contributed by atoms with Gasteiger partial charge in [0.15, 0.2) is 11.7 Å². The predicted octanol–water partition coefficient (Wildman–Crippen LogP) is 5.03. The van der Waals surface area contributed by atoms with Gasteiger partial charge in [0.2, 0.25) is 0 Å². The second-order valence-electron chi connectivity index (χ2n) is 4.43. The smallest absolute Gasteiger partial charge is 0.199 e. The quantitative estimate of drug-likeness (QED) is 0.316. The summed E-state index contributed by atoms with van der Waals surface area (Å²) in [7, 11) is 0. The Bertz CT molecular complexity index is 686. The molecule has 22 heavy (non-hydrogen) atoms. The minimum Gasteiger partial charge on any atom is -0.480 e. The van der Waals surface area contributed by atoms with Gasteiger partial charge >= 0.3 is 0 Å². The zero-order valence-corrected chi connectivity index (χ0v) is 14.4. The molecule has 3 nitrogen and oxygen atoms in total. The van der Waals surface area contributed by atoms with E-state index in [0.717, 1.165) is 0 Å². The Morgan fingerprint density at radius 3 is 2.59 bits per heavy atom. The predicted molar refractivity (Wildman–Crippen MR) is 93.8 cm³/mol. The van der Waals surface area contributed by atoms with E-state index in [1.807, 2.05) is 25.1 Å². The van der Waals surface area contributed by atoms with Crippen LogP contribution in [0.5, 0.6) is 0 Å². The van der Waals surface area contributed by atoms with E-state index in [1.54, 1.807) is 30.3 Å². The van der Waals surface area contributed by atoms with Crippen LogP contribution in [0, 0.1) is 0 Å². The number of alkyl halides is 1. The number of aliphatic imine (C=N–C) groups is 1. The van der Waals surface area contributed by atoms with Crippen LogP contribution in [0.4, 0.5) is 5.69 Å². The summed E-state index contributed by atoms with van der Waals surface area (Å²) in [6, 6.07) is 14.1. The minimum atomic E-state index is -0.118. The number of nitrogens with zero attached hydrogens (tertiary/aromatic N) is 1. The monoisotopic (exact) mass is 379 g/mol. The van der Waals surface area contributed by atoms with Crippen LogP contribution in [-0.2, 0) is 4.74 Å². The highest BCUT2D eigenvalue weighted by Gasteiger charge is 2.14. The van der Waals surface area contributed by atoms with Gasteiger partial charge in [0, 0.05) is 16.1 Å². The zero-order valence-electron chi connectivity index (χ0n) is 12.1. The maximum Gasteiger partial charge on any atom is 0.199 e. The summed E-state index contributed by atoms with van der Waals surface area (Å²) in [6.07, 6.45) is 0. The Balaban J connectivity index is 2.46. The maximum absolute atomic E-state index is 12.7. The summed E-state index contributed by atoms with van der Waals surface area (Å²) >= 11 is 9.37. The molecule has 0 unspecified atom stereocenters. The summed E-state index contributed by atoms with van der Waals surface area (Å²) in [5.41, 5.74) is 1.59. The Labute approximate surface area is 143 Å². The molecule has 2 rings (SSSR count). The largest absolute Gasteiger partial charge is 0.480 e. The molecule has 0 fully saturated rings. The first-order chi connectivity index (χ1) is 10.7. The molecule has 2 aromatic carbocycles. The Hall–Kier alpha value is -1.65. The van der Waals surface area contributed by atoms with Gasteiger partial charge in [0.1, 0.15) is 0 Å². The van der Waals surface area contributed by atoms with Crippen molar-refractivity contribution in [3.05, 3.63) is 64.7 Å². The van der Waals surface area contributed by atoms with E-state index in [9.17, 15) is 4.79 Å². The molecule has 0 aliphatic carbocycles. The summed E-state index contributed by atoms with van der Waals surface area (Å²) in [5, 5.41) is 0.970. The van der Waals surface area contributed by atoms with Crippen LogP contribution in [0.15, 0.2) is 53.5 Å². The molecule has 0 radical (unpaired) electrons. The SMILES string of the molecule is CCO/C(CBr)=N/c1ccc(Cl)cc1C(=O)c1ccccc1. The van der Waals surface area contributed by atoms with Gasteiger partial charge < -0.3 is 4.74 Å². The number of halogens is 2. The highest BCUT2D eigenvalue weighted by molar-refractivity contribution is 9.09. The number of rotatable bonds is 5. The molecule has 0 aromatic heterocycles. The zero-order chi connectivity index (χ0) is 15.9. The van der Waals surface area contributed by atoms with Gasteiger partial charge in [0.25, 0.3) is 0 Å². The minimum absolute atomic E-state index is 0.118. The number of carbonyl (C=O) groups excluding carboxylic acids is 1. The van der Waals surface area contributed by atoms with Crippen molar-refractivity contribution in [2.45, 2.75) is 6.92 Å². The number of hydrogen-bond donors (Lipinski definition) is 0. The molecule has 5 heteroatoms. The van der Waals surface area contributed by atoms with Gasteiger partial charge in [-0.15, -0.1) is 0 Å². The number of ketones is 1. The van der Waals surface area contributed by atoms with Crippen LogP contribution in [0.2, 0.25) is 5.02 Å². The first-order valence-electron chi connectivity index (χ1n) is 6.81. The second-order valence-corrected chi connectivity index (χ2v) is 5.43. The fourth-order valence-corrected chi connectivity index (χ4v) is 2.39. The molecule has 0 aliphatic heterocycles. The van der Waals surface area contributed by atoms with Crippen molar-refractivity contribution in [3.63, 3.8) is 0 Å². The third-order valence-corrected chi connectivity index (χ3v) is 3.62. The lowest BCUT2D eigenvalue weighted by atomic mass is 10.0. The van der Waals surface area contributed by atoms with Crippen LogP contribution < -0.4 is 0 Å². The standard InChI is InChI=1S/C17H15BrClNO2/c1-2-22-16(11-18)20-15-9-8-13(19)10-14(15)17(21)12-6-4-3-5-7-12/h3-10H,2,11H2,1H3/b20-16+. The van der Waals surface area contributed by atoms with Crippen molar-refractivity contribution in [2.24, 2.45) is 4.99 Å². The number of ether oxygens (including phenoxy) is 1. The first kappa shape index (κ1) is 16.7. The average Bonchev–Trinajstić information content (AvgIpc) is 2.56. The van der Waals surface area contributed by atoms with Crippen molar-refractivity contribution in [1.82, 2.24) is 0 Å². The fraction of sp³-hybridized carbons (Fsp3) is 0.176. The second kappa shape index (κ2) is 8.11. The number of hydrogen-bond acceptors (Lipinski definition) is 3. The molecule has 0 atom stereocenters. The van der Waals surface area contributed by atoms with Crippen LogP contribution >= 0.6 is 27.5 Å². The van der Waals surface area contributed by atoms with Crippen molar-refractivity contribution < 1.29 is 9.53 Å². The third kappa shape index (κ3) is 4.18. The molecule has 0 aliphatic rings. The van der Waals surface area contributed by atoms with Gasteiger partial charge in [-0.25, -0.2) is 4.99 Å². The van der Waals surface area contributed by atoms with Gasteiger partial charge in [-0.1, -0.05) is 57.9 Å². The lowest BCUT2D eigenvalue weighted by Crippen LogP contribution is -2.07. The normalized spacial score (nSPS) is 11.3. The summed E-state index contributed by atoms with van der Waals surface area (Å²) in [4.78, 5) is 17.1. The van der Waals surface area contributed by atoms with Crippen molar-refractivity contribution >= 4 is 44.9 Å². The number of benzene rings is 2. The molecule has 0 spiro atoms. The summed E-state index contributed by atoms with van der Waals surface area (Å²) < 4.78 is 5.42. The van der Waals surface area contributed by atoms with Gasteiger partial charge in [-0.2, -0.15) is 0 Å². The molecule has 0 bridgehead atoms. The molecule has 0 saturated heterocycles. The van der Waals surface area contributed by atoms with Crippen LogP contribution in [0.25, 0.3) is 0 Å². The average molecular weight is 381 g/mol. The molecule has 0 N–H and O–H groups in total. The third-order valence-electron chi connectivity index (χ3n) is 2.91. The van der Waals surface area contributed by atoms with E-state index in [0.29, 0.717) is 39.7 Å². The molecule has 2 aromatic rings. The first-order valence-corrected chi connectivity index (χ1v) is 8.31. The molecule has 114 valence electrons. The summed E-state index contributed by atoms with van der Waals surface area (Å²) in [6.45, 7) is 2.40. The van der Waals surface area contributed by atoms with E-state index in [-0.39, 0.29) is 5.78 Å². The Morgan fingerprint density at radius 2 is 1.95 bits per heavy atom. The summed E-state index contributed by atoms with van der Waals surface area (Å²) in [5.74, 6) is 0.402. The van der Waals surface area contributed by atoms with Gasteiger partial charge in [-0.05, 0) is 25.1 Å². The fourth-order valence-electron chi connectivity index (χ4n) is 1.93. The molecule has 0 amide bonds. The van der Waals surface area contributed by atoms with Gasteiger partial charge in [0.05, 0.1) is 17.6 Å². The number of carbonyl (C=O) groups is 1. The van der Waals surface area contributed by atoms with E-state index in [1.165, 1.54) is 0 Å². The lowest BCUT2D eigenvalue weighted by molar-refractivity contribution is 0.103. The van der Waals surface area contributed by atoms with E-state index in [4.69, 9.17) is 16.3 Å². The Morgan fingerprint density at radius 1 is 1.23 bits per heavy atom.